The van der Waals surface area contributed by atoms with E-state index in [-0.39, 0.29) is 17.1 Å². The zero-order valence-electron chi connectivity index (χ0n) is 14.0. The standard InChI is InChI=1S/C16H16F3N5O3/c17-13(18)14(19)27-12-2-3-20-9-11(12)22-15(25)10-1-4-21-16(23-10)24-5-7-26-8-6-24/h1-4,9,13-14H,5-8H2,(H,22,25). The van der Waals surface area contributed by atoms with Crippen molar-refractivity contribution in [3.63, 3.8) is 0 Å². The number of hydrogen-bond acceptors (Lipinski definition) is 7. The third-order valence-electron chi connectivity index (χ3n) is 3.64. The lowest BCUT2D eigenvalue weighted by atomic mass is 10.3. The van der Waals surface area contributed by atoms with E-state index in [1.54, 1.807) is 0 Å². The summed E-state index contributed by atoms with van der Waals surface area (Å²) in [5, 5.41) is 2.43. The molecule has 0 aromatic carbocycles. The average molecular weight is 383 g/mol. The van der Waals surface area contributed by atoms with E-state index in [1.807, 2.05) is 4.90 Å². The Labute approximate surface area is 152 Å². The lowest BCUT2D eigenvalue weighted by Gasteiger charge is -2.26. The van der Waals surface area contributed by atoms with Crippen LogP contribution in [0.4, 0.5) is 24.8 Å². The van der Waals surface area contributed by atoms with Crippen LogP contribution in [-0.4, -0.2) is 59.9 Å². The molecule has 0 aliphatic carbocycles. The summed E-state index contributed by atoms with van der Waals surface area (Å²) in [4.78, 5) is 26.4. The Kier molecular flexibility index (Phi) is 6.01. The lowest BCUT2D eigenvalue weighted by molar-refractivity contribution is -0.0665. The van der Waals surface area contributed by atoms with Crippen LogP contribution in [0.2, 0.25) is 0 Å². The molecule has 1 unspecified atom stereocenters. The molecule has 3 rings (SSSR count). The molecule has 0 bridgehead atoms. The predicted molar refractivity (Wildman–Crippen MR) is 88.8 cm³/mol. The van der Waals surface area contributed by atoms with E-state index >= 15 is 0 Å². The fourth-order valence-electron chi connectivity index (χ4n) is 2.33. The molecule has 1 aliphatic heterocycles. The van der Waals surface area contributed by atoms with Crippen LogP contribution in [0, 0.1) is 0 Å². The highest BCUT2D eigenvalue weighted by atomic mass is 19.3. The number of alkyl halides is 3. The Morgan fingerprint density at radius 2 is 2.00 bits per heavy atom. The van der Waals surface area contributed by atoms with Crippen molar-refractivity contribution in [2.45, 2.75) is 12.8 Å². The Morgan fingerprint density at radius 1 is 1.22 bits per heavy atom. The first-order chi connectivity index (χ1) is 13.0. The largest absolute Gasteiger partial charge is 0.452 e. The van der Waals surface area contributed by atoms with Crippen LogP contribution in [0.1, 0.15) is 10.5 Å². The minimum atomic E-state index is -3.32. The summed E-state index contributed by atoms with van der Waals surface area (Å²) >= 11 is 0. The van der Waals surface area contributed by atoms with Crippen molar-refractivity contribution in [2.75, 3.05) is 36.5 Å². The zero-order valence-corrected chi connectivity index (χ0v) is 14.0. The molecule has 2 aromatic heterocycles. The van der Waals surface area contributed by atoms with E-state index in [9.17, 15) is 18.0 Å². The van der Waals surface area contributed by atoms with Gasteiger partial charge < -0.3 is 19.7 Å². The van der Waals surface area contributed by atoms with Crippen LogP contribution >= 0.6 is 0 Å². The number of carbonyl (C=O) groups excluding carboxylic acids is 1. The normalized spacial score (nSPS) is 15.5. The van der Waals surface area contributed by atoms with E-state index in [1.165, 1.54) is 24.5 Å². The zero-order chi connectivity index (χ0) is 19.2. The van der Waals surface area contributed by atoms with Crippen LogP contribution < -0.4 is 15.0 Å². The summed E-state index contributed by atoms with van der Waals surface area (Å²) in [5.74, 6) is -0.541. The molecule has 1 amide bonds. The molecule has 0 saturated carbocycles. The van der Waals surface area contributed by atoms with Gasteiger partial charge in [0.05, 0.1) is 19.4 Å². The number of rotatable bonds is 6. The summed E-state index contributed by atoms with van der Waals surface area (Å²) in [6, 6.07) is 2.57. The lowest BCUT2D eigenvalue weighted by Crippen LogP contribution is -2.37. The maximum absolute atomic E-state index is 13.2. The van der Waals surface area contributed by atoms with Gasteiger partial charge in [0.1, 0.15) is 17.1 Å². The Hall–Kier alpha value is -2.95. The molecule has 2 aromatic rings. The molecule has 0 radical (unpaired) electrons. The van der Waals surface area contributed by atoms with Crippen LogP contribution in [0.25, 0.3) is 0 Å². The van der Waals surface area contributed by atoms with Gasteiger partial charge in [-0.3, -0.25) is 9.78 Å². The topological polar surface area (TPSA) is 89.5 Å². The highest BCUT2D eigenvalue weighted by Gasteiger charge is 2.23. The van der Waals surface area contributed by atoms with Gasteiger partial charge in [-0.25, -0.2) is 18.7 Å². The minimum absolute atomic E-state index is 0.0481. The van der Waals surface area contributed by atoms with Crippen molar-refractivity contribution >= 4 is 17.5 Å². The molecule has 1 N–H and O–H groups in total. The second-order valence-corrected chi connectivity index (χ2v) is 5.47. The first-order valence-electron chi connectivity index (χ1n) is 8.04. The number of anilines is 2. The van der Waals surface area contributed by atoms with Crippen molar-refractivity contribution < 1.29 is 27.4 Å². The highest BCUT2D eigenvalue weighted by Crippen LogP contribution is 2.26. The quantitative estimate of drug-likeness (QED) is 0.815. The maximum Gasteiger partial charge on any atom is 0.304 e. The molecule has 0 spiro atoms. The number of nitrogens with one attached hydrogen (secondary N) is 1. The number of pyridine rings is 1. The number of hydrogen-bond donors (Lipinski definition) is 1. The maximum atomic E-state index is 13.2. The van der Waals surface area contributed by atoms with E-state index in [2.05, 4.69) is 25.0 Å². The van der Waals surface area contributed by atoms with Crippen LogP contribution in [-0.2, 0) is 4.74 Å². The summed E-state index contributed by atoms with van der Waals surface area (Å²) in [6.45, 7) is 2.25. The summed E-state index contributed by atoms with van der Waals surface area (Å²) in [5.41, 5.74) is -0.00992. The van der Waals surface area contributed by atoms with E-state index in [4.69, 9.17) is 4.74 Å². The number of carbonyl (C=O) groups is 1. The van der Waals surface area contributed by atoms with E-state index in [0.717, 1.165) is 6.20 Å². The fraction of sp³-hybridized carbons (Fsp3) is 0.375. The van der Waals surface area contributed by atoms with Crippen molar-refractivity contribution in [3.05, 3.63) is 36.4 Å². The fourth-order valence-corrected chi connectivity index (χ4v) is 2.33. The van der Waals surface area contributed by atoms with E-state index < -0.39 is 18.7 Å². The Morgan fingerprint density at radius 3 is 2.74 bits per heavy atom. The molecule has 27 heavy (non-hydrogen) atoms. The highest BCUT2D eigenvalue weighted by molar-refractivity contribution is 6.03. The van der Waals surface area contributed by atoms with Gasteiger partial charge in [0, 0.05) is 31.5 Å². The second-order valence-electron chi connectivity index (χ2n) is 5.47. The average Bonchev–Trinajstić information content (AvgIpc) is 2.70. The molecule has 8 nitrogen and oxygen atoms in total. The van der Waals surface area contributed by atoms with Gasteiger partial charge in [0.15, 0.2) is 0 Å². The monoisotopic (exact) mass is 383 g/mol. The number of ether oxygens (including phenoxy) is 2. The van der Waals surface area contributed by atoms with Crippen molar-refractivity contribution in [1.29, 1.82) is 0 Å². The van der Waals surface area contributed by atoms with Crippen molar-refractivity contribution in [3.8, 4) is 5.75 Å². The predicted octanol–water partition coefficient (Wildman–Crippen LogP) is 1.90. The molecular weight excluding hydrogens is 367 g/mol. The van der Waals surface area contributed by atoms with Crippen LogP contribution in [0.3, 0.4) is 0 Å². The number of nitrogens with zero attached hydrogens (tertiary/aromatic N) is 4. The summed E-state index contributed by atoms with van der Waals surface area (Å²) in [6.07, 6.45) is -2.32. The van der Waals surface area contributed by atoms with Gasteiger partial charge in [-0.1, -0.05) is 0 Å². The van der Waals surface area contributed by atoms with Gasteiger partial charge in [-0.05, 0) is 6.07 Å². The first kappa shape index (κ1) is 18.8. The molecule has 1 aliphatic rings. The third-order valence-corrected chi connectivity index (χ3v) is 3.64. The van der Waals surface area contributed by atoms with Crippen molar-refractivity contribution in [2.24, 2.45) is 0 Å². The van der Waals surface area contributed by atoms with Gasteiger partial charge >= 0.3 is 6.43 Å². The molecule has 11 heteroatoms. The van der Waals surface area contributed by atoms with Gasteiger partial charge in [0.2, 0.25) is 5.95 Å². The number of halogens is 3. The SMILES string of the molecule is O=C(Nc1cnccc1OC(F)C(F)F)c1ccnc(N2CCOCC2)n1. The van der Waals surface area contributed by atoms with Crippen LogP contribution in [0.5, 0.6) is 5.75 Å². The van der Waals surface area contributed by atoms with Gasteiger partial charge in [-0.15, -0.1) is 0 Å². The number of morpholine rings is 1. The first-order valence-corrected chi connectivity index (χ1v) is 8.04. The van der Waals surface area contributed by atoms with Gasteiger partial charge in [0.25, 0.3) is 12.3 Å². The summed E-state index contributed by atoms with van der Waals surface area (Å²) in [7, 11) is 0. The van der Waals surface area contributed by atoms with Crippen molar-refractivity contribution in [1.82, 2.24) is 15.0 Å². The molecule has 1 saturated heterocycles. The van der Waals surface area contributed by atoms with Crippen LogP contribution in [0.15, 0.2) is 30.7 Å². The second kappa shape index (κ2) is 8.62. The summed E-state index contributed by atoms with van der Waals surface area (Å²) < 4.78 is 47.7. The molecule has 3 heterocycles. The Balaban J connectivity index is 1.74. The molecule has 1 fully saturated rings. The van der Waals surface area contributed by atoms with E-state index in [0.29, 0.717) is 32.3 Å². The van der Waals surface area contributed by atoms with Gasteiger partial charge in [-0.2, -0.15) is 4.39 Å². The number of aromatic nitrogens is 3. The molecule has 1 atom stereocenters. The molecule has 144 valence electrons. The third kappa shape index (κ3) is 4.82. The smallest absolute Gasteiger partial charge is 0.304 e. The number of amides is 1. The molecular formula is C16H16F3N5O3. The minimum Gasteiger partial charge on any atom is -0.452 e. The Bertz CT molecular complexity index is 789.